The molecule has 0 aliphatic heterocycles. The van der Waals surface area contributed by atoms with Gasteiger partial charge in [0.05, 0.1) is 11.9 Å². The molecule has 1 heterocycles. The van der Waals surface area contributed by atoms with Crippen molar-refractivity contribution in [1.82, 2.24) is 15.0 Å². The van der Waals surface area contributed by atoms with Crippen molar-refractivity contribution in [3.8, 4) is 11.4 Å². The first-order chi connectivity index (χ1) is 11.5. The number of hydrogen-bond donors (Lipinski definition) is 0. The summed E-state index contributed by atoms with van der Waals surface area (Å²) in [5, 5.41) is 8.19. The molecular formula is C19H20FN3O. The van der Waals surface area contributed by atoms with Crippen molar-refractivity contribution >= 4 is 0 Å². The third-order valence-corrected chi connectivity index (χ3v) is 3.80. The lowest BCUT2D eigenvalue weighted by atomic mass is 10.0. The fourth-order valence-electron chi connectivity index (χ4n) is 2.48. The van der Waals surface area contributed by atoms with Crippen molar-refractivity contribution in [2.75, 3.05) is 0 Å². The van der Waals surface area contributed by atoms with Crippen LogP contribution in [0.25, 0.3) is 5.69 Å². The van der Waals surface area contributed by atoms with Gasteiger partial charge in [0.1, 0.15) is 23.9 Å². The Hall–Kier alpha value is -2.69. The van der Waals surface area contributed by atoms with Crippen LogP contribution < -0.4 is 4.74 Å². The van der Waals surface area contributed by atoms with Gasteiger partial charge in [-0.3, -0.25) is 0 Å². The van der Waals surface area contributed by atoms with Crippen LogP contribution in [-0.4, -0.2) is 15.0 Å². The molecule has 0 radical (unpaired) electrons. The molecule has 24 heavy (non-hydrogen) atoms. The van der Waals surface area contributed by atoms with Gasteiger partial charge < -0.3 is 4.74 Å². The van der Waals surface area contributed by atoms with Gasteiger partial charge in [-0.1, -0.05) is 31.2 Å². The summed E-state index contributed by atoms with van der Waals surface area (Å²) in [7, 11) is 0. The van der Waals surface area contributed by atoms with Crippen LogP contribution in [0.15, 0.2) is 48.7 Å². The molecule has 0 aliphatic rings. The quantitative estimate of drug-likeness (QED) is 0.697. The van der Waals surface area contributed by atoms with Crippen LogP contribution in [0.3, 0.4) is 0 Å². The van der Waals surface area contributed by atoms with E-state index >= 15 is 0 Å². The zero-order valence-electron chi connectivity index (χ0n) is 14.0. The highest BCUT2D eigenvalue weighted by atomic mass is 19.1. The molecule has 0 fully saturated rings. The molecule has 0 saturated carbocycles. The second-order valence-corrected chi connectivity index (χ2v) is 6.12. The topological polar surface area (TPSA) is 39.9 Å². The average molecular weight is 325 g/mol. The van der Waals surface area contributed by atoms with Crippen LogP contribution in [0.2, 0.25) is 0 Å². The van der Waals surface area contributed by atoms with E-state index in [1.807, 2.05) is 13.0 Å². The zero-order chi connectivity index (χ0) is 17.1. The number of aryl methyl sites for hydroxylation is 1. The molecule has 2 aromatic carbocycles. The largest absolute Gasteiger partial charge is 0.487 e. The lowest BCUT2D eigenvalue weighted by molar-refractivity contribution is 0.296. The molecule has 0 saturated heterocycles. The highest BCUT2D eigenvalue weighted by Gasteiger charge is 2.10. The molecule has 5 heteroatoms. The number of hydrogen-bond acceptors (Lipinski definition) is 3. The number of rotatable bonds is 5. The molecule has 0 bridgehead atoms. The molecule has 0 N–H and O–H groups in total. The highest BCUT2D eigenvalue weighted by Crippen LogP contribution is 2.28. The van der Waals surface area contributed by atoms with Crippen molar-refractivity contribution in [3.05, 3.63) is 71.3 Å². The number of benzene rings is 2. The summed E-state index contributed by atoms with van der Waals surface area (Å²) in [4.78, 5) is 0. The van der Waals surface area contributed by atoms with E-state index in [-0.39, 0.29) is 5.82 Å². The lowest BCUT2D eigenvalue weighted by Gasteiger charge is -2.14. The Balaban J connectivity index is 1.74. The Kier molecular flexibility index (Phi) is 4.60. The number of nitrogens with zero attached hydrogens (tertiary/aromatic N) is 3. The van der Waals surface area contributed by atoms with Crippen molar-refractivity contribution in [3.63, 3.8) is 0 Å². The minimum atomic E-state index is -0.275. The molecule has 124 valence electrons. The first-order valence-corrected chi connectivity index (χ1v) is 7.93. The molecule has 3 rings (SSSR count). The minimum Gasteiger partial charge on any atom is -0.487 e. The first-order valence-electron chi connectivity index (χ1n) is 7.93. The second-order valence-electron chi connectivity index (χ2n) is 6.12. The predicted molar refractivity (Wildman–Crippen MR) is 90.9 cm³/mol. The molecule has 0 spiro atoms. The fourth-order valence-corrected chi connectivity index (χ4v) is 2.48. The summed E-state index contributed by atoms with van der Waals surface area (Å²) < 4.78 is 20.6. The number of halogens is 1. The van der Waals surface area contributed by atoms with Crippen molar-refractivity contribution < 1.29 is 9.13 Å². The van der Waals surface area contributed by atoms with Crippen LogP contribution in [0.1, 0.15) is 36.6 Å². The van der Waals surface area contributed by atoms with Crippen LogP contribution in [0.4, 0.5) is 4.39 Å². The summed E-state index contributed by atoms with van der Waals surface area (Å²) in [5.41, 5.74) is 3.81. The van der Waals surface area contributed by atoms with Gasteiger partial charge in [-0.05, 0) is 54.3 Å². The van der Waals surface area contributed by atoms with E-state index in [0.717, 1.165) is 22.7 Å². The summed E-state index contributed by atoms with van der Waals surface area (Å²) in [6.45, 7) is 6.66. The van der Waals surface area contributed by atoms with Crippen molar-refractivity contribution in [1.29, 1.82) is 0 Å². The van der Waals surface area contributed by atoms with Crippen LogP contribution in [-0.2, 0) is 6.61 Å². The van der Waals surface area contributed by atoms with Gasteiger partial charge in [0.25, 0.3) is 0 Å². The summed E-state index contributed by atoms with van der Waals surface area (Å²) in [6, 6.07) is 12.3. The smallest absolute Gasteiger partial charge is 0.134 e. The Morgan fingerprint density at radius 2 is 1.88 bits per heavy atom. The van der Waals surface area contributed by atoms with Crippen molar-refractivity contribution in [2.45, 2.75) is 33.3 Å². The lowest BCUT2D eigenvalue weighted by Crippen LogP contribution is -2.00. The number of ether oxygens (including phenoxy) is 1. The maximum absolute atomic E-state index is 13.0. The molecule has 4 nitrogen and oxygen atoms in total. The van der Waals surface area contributed by atoms with E-state index in [1.165, 1.54) is 17.7 Å². The molecule has 0 aliphatic carbocycles. The van der Waals surface area contributed by atoms with Gasteiger partial charge in [0.2, 0.25) is 0 Å². The second kappa shape index (κ2) is 6.83. The predicted octanol–water partition coefficient (Wildman–Crippen LogP) is 4.42. The Morgan fingerprint density at radius 1 is 1.12 bits per heavy atom. The molecule has 0 atom stereocenters. The van der Waals surface area contributed by atoms with Gasteiger partial charge in [-0.2, -0.15) is 0 Å². The maximum Gasteiger partial charge on any atom is 0.134 e. The minimum absolute atomic E-state index is 0.275. The summed E-state index contributed by atoms with van der Waals surface area (Å²) >= 11 is 0. The van der Waals surface area contributed by atoms with E-state index in [4.69, 9.17) is 4.74 Å². The van der Waals surface area contributed by atoms with Gasteiger partial charge in [0.15, 0.2) is 0 Å². The van der Waals surface area contributed by atoms with Crippen molar-refractivity contribution in [2.24, 2.45) is 0 Å². The van der Waals surface area contributed by atoms with Gasteiger partial charge in [-0.25, -0.2) is 9.07 Å². The standard InChI is InChI=1S/C19H20FN3O/c1-13(2)18-9-4-14(3)10-19(18)24-12-16-11-23(22-21-16)17-7-5-15(20)6-8-17/h4-11,13H,12H2,1-3H3. The molecule has 1 aromatic heterocycles. The van der Waals surface area contributed by atoms with Crippen LogP contribution >= 0.6 is 0 Å². The first kappa shape index (κ1) is 16.2. The maximum atomic E-state index is 13.0. The van der Waals surface area contributed by atoms with Gasteiger partial charge in [0, 0.05) is 0 Å². The normalized spacial score (nSPS) is 11.0. The third kappa shape index (κ3) is 3.62. The zero-order valence-corrected chi connectivity index (χ0v) is 14.0. The molecular weight excluding hydrogens is 305 g/mol. The average Bonchev–Trinajstić information content (AvgIpc) is 3.02. The summed E-state index contributed by atoms with van der Waals surface area (Å²) in [5.74, 6) is 0.986. The van der Waals surface area contributed by atoms with Crippen LogP contribution in [0, 0.1) is 12.7 Å². The van der Waals surface area contributed by atoms with Gasteiger partial charge >= 0.3 is 0 Å². The Bertz CT molecular complexity index is 825. The molecule has 3 aromatic rings. The fraction of sp³-hybridized carbons (Fsp3) is 0.263. The van der Waals surface area contributed by atoms with Crippen LogP contribution in [0.5, 0.6) is 5.75 Å². The van der Waals surface area contributed by atoms with Gasteiger partial charge in [-0.15, -0.1) is 5.10 Å². The highest BCUT2D eigenvalue weighted by molar-refractivity contribution is 5.39. The van der Waals surface area contributed by atoms with E-state index in [1.54, 1.807) is 23.0 Å². The third-order valence-electron chi connectivity index (χ3n) is 3.80. The van der Waals surface area contributed by atoms with E-state index in [0.29, 0.717) is 12.5 Å². The Labute approximate surface area is 140 Å². The Morgan fingerprint density at radius 3 is 2.58 bits per heavy atom. The number of aromatic nitrogens is 3. The monoisotopic (exact) mass is 325 g/mol. The van der Waals surface area contributed by atoms with E-state index < -0.39 is 0 Å². The molecule has 0 unspecified atom stereocenters. The summed E-state index contributed by atoms with van der Waals surface area (Å²) in [6.07, 6.45) is 1.79. The molecule has 0 amide bonds. The van der Waals surface area contributed by atoms with E-state index in [9.17, 15) is 4.39 Å². The SMILES string of the molecule is Cc1ccc(C(C)C)c(OCc2cn(-c3ccc(F)cc3)nn2)c1. The van der Waals surface area contributed by atoms with E-state index in [2.05, 4.69) is 36.3 Å².